The van der Waals surface area contributed by atoms with Crippen LogP contribution >= 0.6 is 0 Å². The van der Waals surface area contributed by atoms with E-state index in [0.29, 0.717) is 31.2 Å². The Balaban J connectivity index is 1.86. The van der Waals surface area contributed by atoms with Crippen LogP contribution in [-0.4, -0.2) is 61.9 Å². The second-order valence-corrected chi connectivity index (χ2v) is 7.63. The molecule has 2 aromatic rings. The van der Waals surface area contributed by atoms with E-state index in [0.717, 1.165) is 12.0 Å². The van der Waals surface area contributed by atoms with Crippen molar-refractivity contribution in [3.8, 4) is 0 Å². The number of fused-ring (bicyclic) bond motifs is 1. The molecule has 2 aromatic heterocycles. The number of hydrogen-bond donors (Lipinski definition) is 1. The van der Waals surface area contributed by atoms with Gasteiger partial charge in [0.15, 0.2) is 5.65 Å². The molecule has 1 aliphatic heterocycles. The first-order valence-electron chi connectivity index (χ1n) is 8.92. The number of aromatic nitrogens is 4. The lowest BCUT2D eigenvalue weighted by Crippen LogP contribution is -2.56. The molecular formula is C17H27N7O2. The Morgan fingerprint density at radius 3 is 2.73 bits per heavy atom. The van der Waals surface area contributed by atoms with Crippen LogP contribution in [0, 0.1) is 6.92 Å². The van der Waals surface area contributed by atoms with Gasteiger partial charge in [0, 0.05) is 31.2 Å². The normalized spacial score (nSPS) is 18.4. The topological polar surface area (TPSA) is 102 Å². The Labute approximate surface area is 153 Å². The average molecular weight is 361 g/mol. The highest BCUT2D eigenvalue weighted by Gasteiger charge is 2.33. The fourth-order valence-corrected chi connectivity index (χ4v) is 3.14. The molecule has 26 heavy (non-hydrogen) atoms. The van der Waals surface area contributed by atoms with Gasteiger partial charge < -0.3 is 20.3 Å². The minimum Gasteiger partial charge on any atom is -0.444 e. The minimum absolute atomic E-state index is 0.0956. The van der Waals surface area contributed by atoms with Crippen LogP contribution in [0.3, 0.4) is 0 Å². The maximum absolute atomic E-state index is 12.4. The SMILES string of the molecule is CC[C@H]1CN(C(=O)OC(C)(C)C)CCN1c1nc(N)nc2c(C)cnn12. The van der Waals surface area contributed by atoms with E-state index in [-0.39, 0.29) is 18.1 Å². The van der Waals surface area contributed by atoms with E-state index in [1.165, 1.54) is 0 Å². The van der Waals surface area contributed by atoms with E-state index >= 15 is 0 Å². The Morgan fingerprint density at radius 1 is 1.35 bits per heavy atom. The van der Waals surface area contributed by atoms with Gasteiger partial charge in [-0.2, -0.15) is 19.6 Å². The van der Waals surface area contributed by atoms with Gasteiger partial charge in [-0.3, -0.25) is 0 Å². The lowest BCUT2D eigenvalue weighted by molar-refractivity contribution is 0.0212. The van der Waals surface area contributed by atoms with E-state index in [1.54, 1.807) is 15.6 Å². The molecule has 0 aliphatic carbocycles. The van der Waals surface area contributed by atoms with Crippen molar-refractivity contribution in [2.75, 3.05) is 30.3 Å². The molecule has 0 aromatic carbocycles. The number of anilines is 2. The molecule has 0 spiro atoms. The second kappa shape index (κ2) is 6.62. The van der Waals surface area contributed by atoms with E-state index < -0.39 is 5.60 Å². The number of piperazine rings is 1. The summed E-state index contributed by atoms with van der Waals surface area (Å²) >= 11 is 0. The van der Waals surface area contributed by atoms with Crippen molar-refractivity contribution >= 4 is 23.6 Å². The summed E-state index contributed by atoms with van der Waals surface area (Å²) < 4.78 is 7.23. The molecule has 0 bridgehead atoms. The number of nitrogens with two attached hydrogens (primary N) is 1. The van der Waals surface area contributed by atoms with Gasteiger partial charge in [0.25, 0.3) is 0 Å². The lowest BCUT2D eigenvalue weighted by Gasteiger charge is -2.41. The largest absolute Gasteiger partial charge is 0.444 e. The van der Waals surface area contributed by atoms with Gasteiger partial charge >= 0.3 is 6.09 Å². The van der Waals surface area contributed by atoms with Gasteiger partial charge in [0.1, 0.15) is 5.60 Å². The van der Waals surface area contributed by atoms with Crippen LogP contribution in [0.1, 0.15) is 39.7 Å². The standard InChI is InChI=1S/C17H27N7O2/c1-6-12-10-22(16(25)26-17(3,4)5)7-8-23(12)15-21-14(18)20-13-11(2)9-19-24(13)15/h9,12H,6-8,10H2,1-5H3,(H2,18,20)/t12-/m0/s1. The predicted molar refractivity (Wildman–Crippen MR) is 99.2 cm³/mol. The number of carbonyl (C=O) groups excluding carboxylic acids is 1. The molecule has 3 heterocycles. The summed E-state index contributed by atoms with van der Waals surface area (Å²) in [6.07, 6.45) is 2.33. The molecular weight excluding hydrogens is 334 g/mol. The molecule has 0 unspecified atom stereocenters. The van der Waals surface area contributed by atoms with E-state index in [4.69, 9.17) is 10.5 Å². The number of nitrogens with zero attached hydrogens (tertiary/aromatic N) is 6. The van der Waals surface area contributed by atoms with Crippen molar-refractivity contribution in [1.29, 1.82) is 0 Å². The third-order valence-electron chi connectivity index (χ3n) is 4.41. The molecule has 1 amide bonds. The zero-order valence-electron chi connectivity index (χ0n) is 16.1. The third kappa shape index (κ3) is 3.51. The molecule has 0 saturated carbocycles. The smallest absolute Gasteiger partial charge is 0.410 e. The molecule has 1 fully saturated rings. The number of ether oxygens (including phenoxy) is 1. The Kier molecular flexibility index (Phi) is 4.64. The molecule has 9 heteroatoms. The molecule has 3 rings (SSSR count). The zero-order valence-corrected chi connectivity index (χ0v) is 16.1. The first-order chi connectivity index (χ1) is 12.2. The van der Waals surface area contributed by atoms with Gasteiger partial charge in [0.2, 0.25) is 11.9 Å². The summed E-state index contributed by atoms with van der Waals surface area (Å²) in [6.45, 7) is 11.4. The van der Waals surface area contributed by atoms with Crippen molar-refractivity contribution in [3.63, 3.8) is 0 Å². The first kappa shape index (κ1) is 18.2. The molecule has 1 aliphatic rings. The maximum atomic E-state index is 12.4. The van der Waals surface area contributed by atoms with Crippen LogP contribution in [0.15, 0.2) is 6.20 Å². The summed E-state index contributed by atoms with van der Waals surface area (Å²) in [6, 6.07) is 0.0956. The van der Waals surface area contributed by atoms with Gasteiger partial charge in [-0.15, -0.1) is 0 Å². The third-order valence-corrected chi connectivity index (χ3v) is 4.41. The first-order valence-corrected chi connectivity index (χ1v) is 8.92. The van der Waals surface area contributed by atoms with Crippen LogP contribution in [0.25, 0.3) is 5.65 Å². The predicted octanol–water partition coefficient (Wildman–Crippen LogP) is 1.85. The summed E-state index contributed by atoms with van der Waals surface area (Å²) in [7, 11) is 0. The van der Waals surface area contributed by atoms with E-state index in [2.05, 4.69) is 26.9 Å². The van der Waals surface area contributed by atoms with Crippen molar-refractivity contribution in [2.24, 2.45) is 0 Å². The fraction of sp³-hybridized carbons (Fsp3) is 0.647. The molecule has 1 atom stereocenters. The number of amides is 1. The van der Waals surface area contributed by atoms with Crippen molar-refractivity contribution in [3.05, 3.63) is 11.8 Å². The average Bonchev–Trinajstić information content (AvgIpc) is 2.93. The Bertz CT molecular complexity index is 811. The van der Waals surface area contributed by atoms with Gasteiger partial charge in [-0.05, 0) is 34.1 Å². The summed E-state index contributed by atoms with van der Waals surface area (Å²) in [5, 5.41) is 4.40. The van der Waals surface area contributed by atoms with Crippen molar-refractivity contribution < 1.29 is 9.53 Å². The highest BCUT2D eigenvalue weighted by Crippen LogP contribution is 2.24. The molecule has 2 N–H and O–H groups in total. The lowest BCUT2D eigenvalue weighted by atomic mass is 10.1. The molecule has 142 valence electrons. The second-order valence-electron chi connectivity index (χ2n) is 7.63. The minimum atomic E-state index is -0.504. The highest BCUT2D eigenvalue weighted by atomic mass is 16.6. The van der Waals surface area contributed by atoms with Gasteiger partial charge in [0.05, 0.1) is 6.20 Å². The van der Waals surface area contributed by atoms with Crippen LogP contribution in [0.2, 0.25) is 0 Å². The summed E-state index contributed by atoms with van der Waals surface area (Å²) in [5.41, 5.74) is 7.06. The van der Waals surface area contributed by atoms with Crippen LogP contribution in [0.5, 0.6) is 0 Å². The van der Waals surface area contributed by atoms with E-state index in [1.807, 2.05) is 27.7 Å². The molecule has 9 nitrogen and oxygen atoms in total. The van der Waals surface area contributed by atoms with Crippen LogP contribution in [-0.2, 0) is 4.74 Å². The van der Waals surface area contributed by atoms with Gasteiger partial charge in [-0.25, -0.2) is 4.79 Å². The van der Waals surface area contributed by atoms with Crippen molar-refractivity contribution in [1.82, 2.24) is 24.5 Å². The van der Waals surface area contributed by atoms with Crippen molar-refractivity contribution in [2.45, 2.75) is 52.7 Å². The van der Waals surface area contributed by atoms with E-state index in [9.17, 15) is 4.79 Å². The number of carbonyl (C=O) groups is 1. The number of hydrogen-bond acceptors (Lipinski definition) is 7. The maximum Gasteiger partial charge on any atom is 0.410 e. The fourth-order valence-electron chi connectivity index (χ4n) is 3.14. The molecule has 0 radical (unpaired) electrons. The monoisotopic (exact) mass is 361 g/mol. The highest BCUT2D eigenvalue weighted by molar-refractivity contribution is 5.68. The Hall–Kier alpha value is -2.58. The van der Waals surface area contributed by atoms with Gasteiger partial charge in [-0.1, -0.05) is 6.92 Å². The summed E-state index contributed by atoms with van der Waals surface area (Å²) in [5.74, 6) is 0.886. The quantitative estimate of drug-likeness (QED) is 0.871. The van der Waals surface area contributed by atoms with Crippen LogP contribution < -0.4 is 10.6 Å². The Morgan fingerprint density at radius 2 is 2.08 bits per heavy atom. The summed E-state index contributed by atoms with van der Waals surface area (Å²) in [4.78, 5) is 25.0. The molecule has 1 saturated heterocycles. The number of rotatable bonds is 2. The number of aryl methyl sites for hydroxylation is 1. The van der Waals surface area contributed by atoms with Crippen LogP contribution in [0.4, 0.5) is 16.7 Å². The number of nitrogen functional groups attached to an aromatic ring is 1. The zero-order chi connectivity index (χ0) is 19.1.